The lowest BCUT2D eigenvalue weighted by Gasteiger charge is -2.25. The summed E-state index contributed by atoms with van der Waals surface area (Å²) in [6.45, 7) is 5.06. The Bertz CT molecular complexity index is 647. The average molecular weight is 475 g/mol. The molecular weight excluding hydrogens is 453 g/mol. The Morgan fingerprint density at radius 2 is 2.15 bits per heavy atom. The molecule has 0 saturated carbocycles. The number of hydrazone groups is 1. The zero-order chi connectivity index (χ0) is 18.8. The van der Waals surface area contributed by atoms with Crippen molar-refractivity contribution in [1.82, 2.24) is 10.3 Å². The van der Waals surface area contributed by atoms with Crippen LogP contribution in [0.4, 0.5) is 0 Å². The minimum atomic E-state index is -0.406. The maximum absolute atomic E-state index is 11.9. The molecule has 1 aromatic rings. The summed E-state index contributed by atoms with van der Waals surface area (Å²) in [5.74, 6) is 0.0244. The van der Waals surface area contributed by atoms with Crippen LogP contribution in [0.15, 0.2) is 23.3 Å². The lowest BCUT2D eigenvalue weighted by Crippen LogP contribution is -2.42. The summed E-state index contributed by atoms with van der Waals surface area (Å²) in [5, 5.41) is 3.98. The molecular formula is C17H22IN3O5. The molecule has 1 saturated heterocycles. The number of carbonyl (C=O) groups is 2. The van der Waals surface area contributed by atoms with E-state index in [0.717, 1.165) is 22.2 Å². The normalized spacial score (nSPS) is 15.0. The number of morpholine rings is 1. The van der Waals surface area contributed by atoms with E-state index in [4.69, 9.17) is 14.2 Å². The molecule has 1 heterocycles. The molecule has 26 heavy (non-hydrogen) atoms. The Morgan fingerprint density at radius 3 is 2.85 bits per heavy atom. The van der Waals surface area contributed by atoms with Gasteiger partial charge in [0, 0.05) is 13.1 Å². The highest BCUT2D eigenvalue weighted by atomic mass is 127. The van der Waals surface area contributed by atoms with Gasteiger partial charge >= 0.3 is 5.97 Å². The Labute approximate surface area is 166 Å². The molecule has 2 rings (SSSR count). The molecule has 0 atom stereocenters. The monoisotopic (exact) mass is 475 g/mol. The van der Waals surface area contributed by atoms with Gasteiger partial charge in [0.1, 0.15) is 5.75 Å². The van der Waals surface area contributed by atoms with Crippen LogP contribution in [0.2, 0.25) is 0 Å². The summed E-state index contributed by atoms with van der Waals surface area (Å²) in [7, 11) is 0. The van der Waals surface area contributed by atoms with Crippen LogP contribution in [-0.2, 0) is 19.1 Å². The van der Waals surface area contributed by atoms with Crippen molar-refractivity contribution in [3.05, 3.63) is 27.3 Å². The van der Waals surface area contributed by atoms with Gasteiger partial charge in [0.25, 0.3) is 5.91 Å². The van der Waals surface area contributed by atoms with Crippen molar-refractivity contribution in [3.8, 4) is 5.75 Å². The first-order valence-electron chi connectivity index (χ1n) is 8.28. The highest BCUT2D eigenvalue weighted by Crippen LogP contribution is 2.21. The maximum atomic E-state index is 11.9. The quantitative estimate of drug-likeness (QED) is 0.262. The SMILES string of the molecule is CCOC(=O)COc1ccc(/C=N/NC(=O)CN2CCOCC2)cc1I. The van der Waals surface area contributed by atoms with E-state index in [0.29, 0.717) is 32.1 Å². The molecule has 0 bridgehead atoms. The maximum Gasteiger partial charge on any atom is 0.344 e. The number of benzene rings is 1. The molecule has 1 N–H and O–H groups in total. The second kappa shape index (κ2) is 11.1. The predicted octanol–water partition coefficient (Wildman–Crippen LogP) is 1.02. The molecule has 1 aromatic carbocycles. The minimum Gasteiger partial charge on any atom is -0.481 e. The van der Waals surface area contributed by atoms with E-state index in [1.54, 1.807) is 25.3 Å². The van der Waals surface area contributed by atoms with Crippen molar-refractivity contribution in [2.75, 3.05) is 46.1 Å². The van der Waals surface area contributed by atoms with Crippen molar-refractivity contribution < 1.29 is 23.8 Å². The number of nitrogens with zero attached hydrogens (tertiary/aromatic N) is 2. The molecule has 0 aliphatic carbocycles. The Kier molecular flexibility index (Phi) is 8.78. The molecule has 9 heteroatoms. The molecule has 0 spiro atoms. The Morgan fingerprint density at radius 1 is 1.38 bits per heavy atom. The molecule has 1 amide bonds. The van der Waals surface area contributed by atoms with Crippen molar-refractivity contribution in [2.45, 2.75) is 6.92 Å². The number of hydrogen-bond donors (Lipinski definition) is 1. The number of esters is 1. The summed E-state index contributed by atoms with van der Waals surface area (Å²) in [4.78, 5) is 25.2. The number of hydrogen-bond acceptors (Lipinski definition) is 7. The lowest BCUT2D eigenvalue weighted by molar-refractivity contribution is -0.145. The number of halogens is 1. The van der Waals surface area contributed by atoms with E-state index < -0.39 is 5.97 Å². The third kappa shape index (κ3) is 7.26. The van der Waals surface area contributed by atoms with Crippen LogP contribution in [0.1, 0.15) is 12.5 Å². The van der Waals surface area contributed by atoms with Crippen LogP contribution < -0.4 is 10.2 Å². The van der Waals surface area contributed by atoms with E-state index in [1.807, 2.05) is 11.0 Å². The van der Waals surface area contributed by atoms with Crippen molar-refractivity contribution >= 4 is 40.7 Å². The van der Waals surface area contributed by atoms with Gasteiger partial charge in [0.2, 0.25) is 0 Å². The minimum absolute atomic E-state index is 0.130. The summed E-state index contributed by atoms with van der Waals surface area (Å²) in [6.07, 6.45) is 1.56. The van der Waals surface area contributed by atoms with Crippen LogP contribution in [0.5, 0.6) is 5.75 Å². The molecule has 142 valence electrons. The van der Waals surface area contributed by atoms with Crippen LogP contribution >= 0.6 is 22.6 Å². The van der Waals surface area contributed by atoms with Gasteiger partial charge in [-0.25, -0.2) is 10.2 Å². The predicted molar refractivity (Wildman–Crippen MR) is 104 cm³/mol. The van der Waals surface area contributed by atoms with Gasteiger partial charge in [-0.15, -0.1) is 0 Å². The fraction of sp³-hybridized carbons (Fsp3) is 0.471. The smallest absolute Gasteiger partial charge is 0.344 e. The first kappa shape index (κ1) is 20.6. The van der Waals surface area contributed by atoms with Gasteiger partial charge in [-0.05, 0) is 53.3 Å². The highest BCUT2D eigenvalue weighted by Gasteiger charge is 2.13. The number of rotatable bonds is 8. The van der Waals surface area contributed by atoms with Crippen molar-refractivity contribution in [3.63, 3.8) is 0 Å². The molecule has 1 fully saturated rings. The van der Waals surface area contributed by atoms with E-state index in [1.165, 1.54) is 0 Å². The fourth-order valence-corrected chi connectivity index (χ4v) is 2.93. The lowest BCUT2D eigenvalue weighted by atomic mass is 10.2. The van der Waals surface area contributed by atoms with E-state index in [-0.39, 0.29) is 12.5 Å². The van der Waals surface area contributed by atoms with Crippen LogP contribution in [0.25, 0.3) is 0 Å². The van der Waals surface area contributed by atoms with Gasteiger partial charge in [-0.2, -0.15) is 5.10 Å². The summed E-state index contributed by atoms with van der Waals surface area (Å²) in [6, 6.07) is 5.39. The second-order valence-corrected chi connectivity index (χ2v) is 6.63. The number of nitrogens with one attached hydrogen (secondary N) is 1. The van der Waals surface area contributed by atoms with Gasteiger partial charge in [0.15, 0.2) is 6.61 Å². The summed E-state index contributed by atoms with van der Waals surface area (Å²) in [5.41, 5.74) is 3.33. The van der Waals surface area contributed by atoms with E-state index in [2.05, 4.69) is 33.1 Å². The van der Waals surface area contributed by atoms with Gasteiger partial charge in [-0.3, -0.25) is 9.69 Å². The highest BCUT2D eigenvalue weighted by molar-refractivity contribution is 14.1. The average Bonchev–Trinajstić information content (AvgIpc) is 2.62. The largest absolute Gasteiger partial charge is 0.481 e. The fourth-order valence-electron chi connectivity index (χ4n) is 2.23. The number of ether oxygens (including phenoxy) is 3. The van der Waals surface area contributed by atoms with Crippen LogP contribution in [0.3, 0.4) is 0 Å². The third-order valence-electron chi connectivity index (χ3n) is 3.48. The molecule has 1 aliphatic heterocycles. The summed E-state index contributed by atoms with van der Waals surface area (Å²) >= 11 is 2.11. The zero-order valence-electron chi connectivity index (χ0n) is 14.6. The zero-order valence-corrected chi connectivity index (χ0v) is 16.7. The van der Waals surface area contributed by atoms with Crippen molar-refractivity contribution in [2.24, 2.45) is 5.10 Å². The molecule has 1 aliphatic rings. The summed E-state index contributed by atoms with van der Waals surface area (Å²) < 4.78 is 16.3. The molecule has 0 aromatic heterocycles. The van der Waals surface area contributed by atoms with Gasteiger partial charge in [-0.1, -0.05) is 0 Å². The number of carbonyl (C=O) groups excluding carboxylic acids is 2. The molecule has 8 nitrogen and oxygen atoms in total. The standard InChI is InChI=1S/C17H22IN3O5/c1-2-25-17(23)12-26-15-4-3-13(9-14(15)18)10-19-20-16(22)11-21-5-7-24-8-6-21/h3-4,9-10H,2,5-8,11-12H2,1H3,(H,20,22)/b19-10+. The Balaban J connectivity index is 1.79. The Hall–Kier alpha value is -1.72. The van der Waals surface area contributed by atoms with Crippen LogP contribution in [0, 0.1) is 3.57 Å². The molecule has 0 unspecified atom stereocenters. The second-order valence-electron chi connectivity index (χ2n) is 5.47. The first-order chi connectivity index (χ1) is 12.6. The topological polar surface area (TPSA) is 89.5 Å². The molecule has 0 radical (unpaired) electrons. The van der Waals surface area contributed by atoms with Crippen molar-refractivity contribution in [1.29, 1.82) is 0 Å². The van der Waals surface area contributed by atoms with Gasteiger partial charge < -0.3 is 14.2 Å². The van der Waals surface area contributed by atoms with Gasteiger partial charge in [0.05, 0.1) is 36.2 Å². The van der Waals surface area contributed by atoms with E-state index in [9.17, 15) is 9.59 Å². The number of amides is 1. The van der Waals surface area contributed by atoms with Crippen LogP contribution in [-0.4, -0.2) is 69.1 Å². The third-order valence-corrected chi connectivity index (χ3v) is 4.32. The van der Waals surface area contributed by atoms with E-state index >= 15 is 0 Å². The first-order valence-corrected chi connectivity index (χ1v) is 9.36.